The van der Waals surface area contributed by atoms with E-state index in [2.05, 4.69) is 5.32 Å². The Morgan fingerprint density at radius 1 is 1.20 bits per heavy atom. The normalized spacial score (nSPS) is 25.9. The van der Waals surface area contributed by atoms with Gasteiger partial charge in [-0.1, -0.05) is 25.7 Å². The van der Waals surface area contributed by atoms with Crippen LogP contribution in [-0.4, -0.2) is 23.7 Å². The predicted molar refractivity (Wildman–Crippen MR) is 58.8 cm³/mol. The van der Waals surface area contributed by atoms with Crippen LogP contribution in [0.25, 0.3) is 0 Å². The van der Waals surface area contributed by atoms with Crippen LogP contribution >= 0.6 is 0 Å². The fraction of sp³-hybridized carbons (Fsp3) is 0.917. The van der Waals surface area contributed by atoms with E-state index >= 15 is 0 Å². The van der Waals surface area contributed by atoms with Gasteiger partial charge in [-0.25, -0.2) is 0 Å². The molecule has 0 aromatic carbocycles. The molecule has 0 amide bonds. The van der Waals surface area contributed by atoms with Crippen molar-refractivity contribution in [3.63, 3.8) is 0 Å². The van der Waals surface area contributed by atoms with Crippen LogP contribution in [-0.2, 0) is 4.79 Å². The lowest BCUT2D eigenvalue weighted by Crippen LogP contribution is -2.42. The van der Waals surface area contributed by atoms with Crippen molar-refractivity contribution in [2.75, 3.05) is 6.54 Å². The lowest BCUT2D eigenvalue weighted by atomic mass is 9.86. The molecule has 3 nitrogen and oxygen atoms in total. The van der Waals surface area contributed by atoms with Gasteiger partial charge in [-0.15, -0.1) is 0 Å². The molecule has 0 aliphatic heterocycles. The lowest BCUT2D eigenvalue weighted by Gasteiger charge is -2.26. The van der Waals surface area contributed by atoms with Crippen LogP contribution in [0.5, 0.6) is 0 Å². The minimum atomic E-state index is -0.592. The van der Waals surface area contributed by atoms with E-state index < -0.39 is 11.4 Å². The van der Waals surface area contributed by atoms with E-state index in [1.165, 1.54) is 25.7 Å². The molecule has 0 bridgehead atoms. The second kappa shape index (κ2) is 4.52. The smallest absolute Gasteiger partial charge is 0.310 e. The number of carboxylic acids is 1. The van der Waals surface area contributed by atoms with Crippen LogP contribution in [0.3, 0.4) is 0 Å². The third-order valence-electron chi connectivity index (χ3n) is 4.10. The van der Waals surface area contributed by atoms with Crippen LogP contribution in [0.15, 0.2) is 0 Å². The average Bonchev–Trinajstić information content (AvgIpc) is 2.87. The molecule has 0 radical (unpaired) electrons. The van der Waals surface area contributed by atoms with E-state index in [1.807, 2.05) is 0 Å². The molecule has 0 atom stereocenters. The molecule has 0 unspecified atom stereocenters. The van der Waals surface area contributed by atoms with E-state index in [0.29, 0.717) is 12.6 Å². The van der Waals surface area contributed by atoms with Crippen molar-refractivity contribution in [2.45, 2.75) is 57.4 Å². The zero-order valence-electron chi connectivity index (χ0n) is 9.30. The molecule has 0 spiro atoms. The minimum Gasteiger partial charge on any atom is -0.481 e. The maximum absolute atomic E-state index is 11.3. The SMILES string of the molecule is O=C(O)C1(CNC2CCCC2)CCCC1. The summed E-state index contributed by atoms with van der Waals surface area (Å²) >= 11 is 0. The van der Waals surface area contributed by atoms with Gasteiger partial charge < -0.3 is 10.4 Å². The Hall–Kier alpha value is -0.570. The quantitative estimate of drug-likeness (QED) is 0.749. The molecule has 0 aromatic heterocycles. The first-order valence-corrected chi connectivity index (χ1v) is 6.20. The van der Waals surface area contributed by atoms with Crippen LogP contribution in [0, 0.1) is 5.41 Å². The Bertz CT molecular complexity index is 228. The number of rotatable bonds is 4. The molecule has 2 saturated carbocycles. The van der Waals surface area contributed by atoms with Gasteiger partial charge in [0.05, 0.1) is 5.41 Å². The summed E-state index contributed by atoms with van der Waals surface area (Å²) in [7, 11) is 0. The van der Waals surface area contributed by atoms with Crippen molar-refractivity contribution < 1.29 is 9.90 Å². The van der Waals surface area contributed by atoms with Crippen molar-refractivity contribution in [3.05, 3.63) is 0 Å². The number of nitrogens with one attached hydrogen (secondary N) is 1. The fourth-order valence-electron chi connectivity index (χ4n) is 2.99. The third kappa shape index (κ3) is 2.33. The summed E-state index contributed by atoms with van der Waals surface area (Å²) in [6.45, 7) is 0.687. The monoisotopic (exact) mass is 211 g/mol. The number of hydrogen-bond donors (Lipinski definition) is 2. The molecule has 2 aliphatic carbocycles. The Morgan fingerprint density at radius 3 is 2.33 bits per heavy atom. The Morgan fingerprint density at radius 2 is 1.80 bits per heavy atom. The zero-order valence-corrected chi connectivity index (χ0v) is 9.30. The topological polar surface area (TPSA) is 49.3 Å². The molecular formula is C12H21NO2. The van der Waals surface area contributed by atoms with E-state index in [4.69, 9.17) is 0 Å². The molecule has 2 fully saturated rings. The Labute approximate surface area is 91.2 Å². The van der Waals surface area contributed by atoms with Crippen LogP contribution in [0.4, 0.5) is 0 Å². The molecule has 2 aliphatic rings. The fourth-order valence-corrected chi connectivity index (χ4v) is 2.99. The summed E-state index contributed by atoms with van der Waals surface area (Å²) in [6.07, 6.45) is 8.96. The molecule has 0 heterocycles. The second-order valence-corrected chi connectivity index (χ2v) is 5.15. The molecule has 0 aromatic rings. The lowest BCUT2D eigenvalue weighted by molar-refractivity contribution is -0.148. The van der Waals surface area contributed by atoms with Gasteiger partial charge >= 0.3 is 5.97 Å². The maximum Gasteiger partial charge on any atom is 0.310 e. The summed E-state index contributed by atoms with van der Waals surface area (Å²) in [4.78, 5) is 11.3. The van der Waals surface area contributed by atoms with Gasteiger partial charge in [-0.2, -0.15) is 0 Å². The van der Waals surface area contributed by atoms with Crippen LogP contribution < -0.4 is 5.32 Å². The summed E-state index contributed by atoms with van der Waals surface area (Å²) < 4.78 is 0. The van der Waals surface area contributed by atoms with Gasteiger partial charge in [0.1, 0.15) is 0 Å². The summed E-state index contributed by atoms with van der Waals surface area (Å²) in [6, 6.07) is 0.585. The van der Waals surface area contributed by atoms with Crippen molar-refractivity contribution in [1.82, 2.24) is 5.32 Å². The highest BCUT2D eigenvalue weighted by Crippen LogP contribution is 2.38. The molecule has 3 heteroatoms. The minimum absolute atomic E-state index is 0.442. The van der Waals surface area contributed by atoms with Gasteiger partial charge in [0.2, 0.25) is 0 Å². The highest BCUT2D eigenvalue weighted by atomic mass is 16.4. The van der Waals surface area contributed by atoms with E-state index in [0.717, 1.165) is 25.7 Å². The van der Waals surface area contributed by atoms with E-state index in [1.54, 1.807) is 0 Å². The maximum atomic E-state index is 11.3. The van der Waals surface area contributed by atoms with Gasteiger partial charge in [-0.05, 0) is 25.7 Å². The number of aliphatic carboxylic acids is 1. The Balaban J connectivity index is 1.86. The van der Waals surface area contributed by atoms with Crippen molar-refractivity contribution in [2.24, 2.45) is 5.41 Å². The summed E-state index contributed by atoms with van der Waals surface area (Å²) in [5.74, 6) is -0.592. The first-order valence-electron chi connectivity index (χ1n) is 6.20. The van der Waals surface area contributed by atoms with Gasteiger partial charge in [-0.3, -0.25) is 4.79 Å². The molecular weight excluding hydrogens is 190 g/mol. The van der Waals surface area contributed by atoms with Crippen LogP contribution in [0.1, 0.15) is 51.4 Å². The van der Waals surface area contributed by atoms with Gasteiger partial charge in [0.25, 0.3) is 0 Å². The predicted octanol–water partition coefficient (Wildman–Crippen LogP) is 2.16. The standard InChI is InChI=1S/C12H21NO2/c14-11(15)12(7-3-4-8-12)9-13-10-5-1-2-6-10/h10,13H,1-9H2,(H,14,15). The largest absolute Gasteiger partial charge is 0.481 e. The first kappa shape index (κ1) is 10.9. The second-order valence-electron chi connectivity index (χ2n) is 5.15. The average molecular weight is 211 g/mol. The number of hydrogen-bond acceptors (Lipinski definition) is 2. The molecule has 0 saturated heterocycles. The summed E-state index contributed by atoms with van der Waals surface area (Å²) in [5, 5.41) is 12.8. The molecule has 2 rings (SSSR count). The third-order valence-corrected chi connectivity index (χ3v) is 4.10. The molecule has 2 N–H and O–H groups in total. The van der Waals surface area contributed by atoms with E-state index in [9.17, 15) is 9.90 Å². The molecule has 86 valence electrons. The van der Waals surface area contributed by atoms with Crippen LogP contribution in [0.2, 0.25) is 0 Å². The summed E-state index contributed by atoms with van der Waals surface area (Å²) in [5.41, 5.74) is -0.442. The zero-order chi connectivity index (χ0) is 10.7. The van der Waals surface area contributed by atoms with Crippen molar-refractivity contribution in [3.8, 4) is 0 Å². The highest BCUT2D eigenvalue weighted by molar-refractivity contribution is 5.75. The Kier molecular flexibility index (Phi) is 3.29. The van der Waals surface area contributed by atoms with Gasteiger partial charge in [0, 0.05) is 12.6 Å². The van der Waals surface area contributed by atoms with Crippen molar-refractivity contribution >= 4 is 5.97 Å². The number of carboxylic acid groups (broad SMARTS) is 1. The van der Waals surface area contributed by atoms with E-state index in [-0.39, 0.29) is 0 Å². The highest BCUT2D eigenvalue weighted by Gasteiger charge is 2.41. The van der Waals surface area contributed by atoms with Crippen molar-refractivity contribution in [1.29, 1.82) is 0 Å². The molecule has 15 heavy (non-hydrogen) atoms. The van der Waals surface area contributed by atoms with Gasteiger partial charge in [0.15, 0.2) is 0 Å². The first-order chi connectivity index (χ1) is 7.23. The number of carbonyl (C=O) groups is 1.